The number of aromatic nitrogens is 3. The lowest BCUT2D eigenvalue weighted by molar-refractivity contribution is -0.123. The number of nitrogens with zero attached hydrogens (tertiary/aromatic N) is 6. The van der Waals surface area contributed by atoms with Crippen molar-refractivity contribution in [3.8, 4) is 34.1 Å². The number of anilines is 3. The summed E-state index contributed by atoms with van der Waals surface area (Å²) in [7, 11) is 5.36. The van der Waals surface area contributed by atoms with E-state index in [1.807, 2.05) is 89.2 Å². The van der Waals surface area contributed by atoms with Gasteiger partial charge in [0.1, 0.15) is 28.8 Å². The van der Waals surface area contributed by atoms with Crippen LogP contribution in [0.5, 0.6) is 23.0 Å². The lowest BCUT2D eigenvalue weighted by Crippen LogP contribution is -2.48. The first-order chi connectivity index (χ1) is 39.4. The second-order valence-corrected chi connectivity index (χ2v) is 21.9. The van der Waals surface area contributed by atoms with Gasteiger partial charge in [-0.3, -0.25) is 38.1 Å². The van der Waals surface area contributed by atoms with Crippen molar-refractivity contribution in [3.63, 3.8) is 0 Å². The summed E-state index contributed by atoms with van der Waals surface area (Å²) >= 11 is 0. The average molecular weight is 1130 g/mol. The first-order valence-electron chi connectivity index (χ1n) is 28.8. The Morgan fingerprint density at radius 2 is 1.56 bits per heavy atom. The number of fused-ring (bicyclic) bond motifs is 1. The number of unbranched alkanes of at least 4 members (excludes halogenated alkanes) is 1. The number of carbonyl (C=O) groups excluding carboxylic acids is 4. The van der Waals surface area contributed by atoms with Crippen molar-refractivity contribution in [2.75, 3.05) is 102 Å². The number of rotatable bonds is 32. The molecule has 5 aromatic rings. The molecule has 2 aromatic heterocycles. The van der Waals surface area contributed by atoms with Crippen LogP contribution in [0, 0.1) is 5.41 Å². The molecule has 0 unspecified atom stereocenters. The quantitative estimate of drug-likeness (QED) is 0.0136. The summed E-state index contributed by atoms with van der Waals surface area (Å²) in [6, 6.07) is 16.8. The molecule has 440 valence electrons. The average Bonchev–Trinajstić information content (AvgIpc) is 3.21. The predicted octanol–water partition coefficient (Wildman–Crippen LogP) is 8.90. The van der Waals surface area contributed by atoms with E-state index in [1.165, 1.54) is 6.21 Å². The number of amides is 1. The second kappa shape index (κ2) is 29.9. The Morgan fingerprint density at radius 3 is 2.24 bits per heavy atom. The normalized spacial score (nSPS) is 14.0. The van der Waals surface area contributed by atoms with Gasteiger partial charge in [0, 0.05) is 151 Å². The first kappa shape index (κ1) is 62.0. The van der Waals surface area contributed by atoms with Crippen LogP contribution in [0.15, 0.2) is 88.4 Å². The number of piperazine rings is 1. The van der Waals surface area contributed by atoms with Crippen molar-refractivity contribution in [1.82, 2.24) is 29.2 Å². The zero-order valence-electron chi connectivity index (χ0n) is 49.3. The number of nitrogen functional groups attached to an aromatic ring is 1. The van der Waals surface area contributed by atoms with Gasteiger partial charge in [0.2, 0.25) is 5.91 Å². The summed E-state index contributed by atoms with van der Waals surface area (Å²) in [6.45, 7) is 17.2. The highest BCUT2D eigenvalue weighted by molar-refractivity contribution is 6.08. The smallest absolute Gasteiger partial charge is 0.328 e. The molecule has 1 saturated heterocycles. The largest absolute Gasteiger partial charge is 0.493 e. The summed E-state index contributed by atoms with van der Waals surface area (Å²) in [5.41, 5.74) is 14.0. The molecule has 1 fully saturated rings. The first-order valence-corrected chi connectivity index (χ1v) is 28.8. The van der Waals surface area contributed by atoms with Crippen LogP contribution in [0.1, 0.15) is 108 Å². The van der Waals surface area contributed by atoms with Crippen molar-refractivity contribution in [2.45, 2.75) is 98.4 Å². The number of benzene rings is 3. The fraction of sp³-hybridized carbons (Fsp3) is 0.476. The maximum atomic E-state index is 13.8. The third-order valence-corrected chi connectivity index (χ3v) is 14.7. The van der Waals surface area contributed by atoms with E-state index in [0.29, 0.717) is 127 Å². The van der Waals surface area contributed by atoms with Gasteiger partial charge in [-0.1, -0.05) is 18.6 Å². The summed E-state index contributed by atoms with van der Waals surface area (Å²) in [5.74, 6) is 3.02. The number of hydrogen-bond acceptors (Lipinski definition) is 16. The van der Waals surface area contributed by atoms with Crippen molar-refractivity contribution in [1.29, 1.82) is 5.41 Å². The highest BCUT2D eigenvalue weighted by Crippen LogP contribution is 2.36. The van der Waals surface area contributed by atoms with Gasteiger partial charge < -0.3 is 45.6 Å². The molecule has 0 radical (unpaired) electrons. The number of carbonyl (C=O) groups is 4. The number of nitrogens with one attached hydrogen (secondary N) is 3. The predicted molar refractivity (Wildman–Crippen MR) is 324 cm³/mol. The third-order valence-electron chi connectivity index (χ3n) is 14.7. The van der Waals surface area contributed by atoms with E-state index >= 15 is 0 Å². The van der Waals surface area contributed by atoms with E-state index in [4.69, 9.17) is 35.1 Å². The van der Waals surface area contributed by atoms with Crippen LogP contribution in [-0.4, -0.2) is 145 Å². The molecular formula is C63H84N10O9. The van der Waals surface area contributed by atoms with Crippen LogP contribution >= 0.6 is 0 Å². The SMILES string of the molecule is CCCOc1cc(OCCCCN(C)CC(=O)CCCOCCC(=O)NCCN2CCN(c3ccc(-c4cc(NC(C)C)c(C=N)c(C(=O)CCC5=C(C)C=C(C)CC5=O)c4)cn3)CC2)cc(Oc2cc3c(cc2N)n(C)c(=O)n3C)c1. The number of ketones is 3. The van der Waals surface area contributed by atoms with Gasteiger partial charge in [0.25, 0.3) is 0 Å². The molecule has 0 bridgehead atoms. The number of pyridine rings is 1. The minimum atomic E-state index is -0.152. The van der Waals surface area contributed by atoms with Crippen LogP contribution in [0.4, 0.5) is 17.2 Å². The molecule has 82 heavy (non-hydrogen) atoms. The van der Waals surface area contributed by atoms with Gasteiger partial charge in [-0.25, -0.2) is 9.78 Å². The van der Waals surface area contributed by atoms with Crippen LogP contribution in [0.2, 0.25) is 0 Å². The monoisotopic (exact) mass is 1120 g/mol. The van der Waals surface area contributed by atoms with Gasteiger partial charge >= 0.3 is 5.69 Å². The number of likely N-dealkylation sites (N-methyl/N-ethyl adjacent to an activating group) is 1. The van der Waals surface area contributed by atoms with Crippen LogP contribution in [0.3, 0.4) is 0 Å². The number of nitrogens with two attached hydrogens (primary N) is 1. The van der Waals surface area contributed by atoms with E-state index in [1.54, 1.807) is 47.5 Å². The molecule has 19 heteroatoms. The summed E-state index contributed by atoms with van der Waals surface area (Å²) in [6.07, 6.45) is 9.70. The number of imidazole rings is 1. The van der Waals surface area contributed by atoms with Gasteiger partial charge in [0.15, 0.2) is 17.3 Å². The zero-order chi connectivity index (χ0) is 58.9. The topological polar surface area (TPSA) is 229 Å². The molecule has 1 amide bonds. The summed E-state index contributed by atoms with van der Waals surface area (Å²) < 4.78 is 27.1. The molecule has 7 rings (SSSR count). The Morgan fingerprint density at radius 1 is 0.841 bits per heavy atom. The Labute approximate surface area is 482 Å². The number of Topliss-reactive ketones (excluding diaryl/α,β-unsaturated/α-hetero) is 3. The molecule has 1 aliphatic carbocycles. The summed E-state index contributed by atoms with van der Waals surface area (Å²) in [5, 5.41) is 14.7. The lowest BCUT2D eigenvalue weighted by atomic mass is 9.88. The minimum absolute atomic E-state index is 0.0647. The highest BCUT2D eigenvalue weighted by Gasteiger charge is 2.23. The Kier molecular flexibility index (Phi) is 22.6. The fourth-order valence-corrected chi connectivity index (χ4v) is 10.3. The molecule has 19 nitrogen and oxygen atoms in total. The van der Waals surface area contributed by atoms with E-state index in [2.05, 4.69) is 20.4 Å². The van der Waals surface area contributed by atoms with Gasteiger partial charge in [0.05, 0.1) is 43.1 Å². The van der Waals surface area contributed by atoms with Crippen LogP contribution < -0.4 is 41.2 Å². The minimum Gasteiger partial charge on any atom is -0.493 e. The van der Waals surface area contributed by atoms with E-state index in [9.17, 15) is 24.0 Å². The maximum absolute atomic E-state index is 13.8. The number of allylic oxidation sites excluding steroid dienone is 4. The molecule has 3 aromatic carbocycles. The fourth-order valence-electron chi connectivity index (χ4n) is 10.3. The maximum Gasteiger partial charge on any atom is 0.328 e. The zero-order valence-corrected chi connectivity index (χ0v) is 49.3. The molecule has 0 atom stereocenters. The Bertz CT molecular complexity index is 3190. The van der Waals surface area contributed by atoms with Crippen LogP contribution in [-0.2, 0) is 33.2 Å². The lowest BCUT2D eigenvalue weighted by Gasteiger charge is -2.35. The standard InChI is InChI=1S/C63H84N10O9/c1-9-26-80-48-34-49(36-50(35-48)82-60-38-57-56(37-54(60)65)70(7)63(78)71(57)8)81-28-11-10-20-69(6)41-47(74)13-12-27-79-29-18-62(77)66-19-21-72-22-24-73(25-23-72)61-17-14-45(40-67-61)46-32-52(53(39-64)55(33-46)68-42(2)3)58(75)16-15-51-44(5)30-43(4)31-59(51)76/h14,17,30,32-40,42,64,68H,9-13,15-16,18-29,31,41,65H2,1-8H3,(H,66,77). The van der Waals surface area contributed by atoms with E-state index < -0.39 is 0 Å². The molecule has 5 N–H and O–H groups in total. The van der Waals surface area contributed by atoms with Gasteiger partial charge in [-0.15, -0.1) is 0 Å². The van der Waals surface area contributed by atoms with E-state index in [0.717, 1.165) is 86.6 Å². The van der Waals surface area contributed by atoms with E-state index in [-0.39, 0.29) is 47.8 Å². The van der Waals surface area contributed by atoms with Crippen molar-refractivity contribution < 1.29 is 38.1 Å². The third kappa shape index (κ3) is 17.2. The summed E-state index contributed by atoms with van der Waals surface area (Å²) in [4.78, 5) is 75.9. The van der Waals surface area contributed by atoms with Crippen molar-refractivity contribution in [3.05, 3.63) is 105 Å². The second-order valence-electron chi connectivity index (χ2n) is 21.9. The molecule has 0 spiro atoms. The number of hydrogen-bond donors (Lipinski definition) is 4. The number of aryl methyl sites for hydroxylation is 2. The Hall–Kier alpha value is -7.61. The Balaban J connectivity index is 0.746. The molecule has 0 saturated carbocycles. The van der Waals surface area contributed by atoms with Crippen molar-refractivity contribution in [2.24, 2.45) is 14.1 Å². The molecule has 2 aliphatic rings. The molecule has 3 heterocycles. The van der Waals surface area contributed by atoms with Gasteiger partial charge in [-0.05, 0) is 120 Å². The number of ether oxygens (including phenoxy) is 4. The van der Waals surface area contributed by atoms with Gasteiger partial charge in [-0.2, -0.15) is 0 Å². The van der Waals surface area contributed by atoms with Crippen molar-refractivity contribution >= 4 is 57.7 Å². The molecule has 1 aliphatic heterocycles. The highest BCUT2D eigenvalue weighted by atomic mass is 16.5. The molecular weight excluding hydrogens is 1040 g/mol. The van der Waals surface area contributed by atoms with Crippen LogP contribution in [0.25, 0.3) is 22.2 Å².